The summed E-state index contributed by atoms with van der Waals surface area (Å²) in [7, 11) is 1.54. The molecule has 1 fully saturated rings. The number of nitrogens with zero attached hydrogens (tertiary/aromatic N) is 5. The first-order valence-corrected chi connectivity index (χ1v) is 9.12. The number of aryl methyl sites for hydroxylation is 2. The molecule has 1 amide bonds. The highest BCUT2D eigenvalue weighted by atomic mass is 16.5. The molecule has 4 heterocycles. The number of carbonyl (C=O) groups excluding carboxylic acids is 1. The highest BCUT2D eigenvalue weighted by Gasteiger charge is 2.30. The summed E-state index contributed by atoms with van der Waals surface area (Å²) in [4.78, 5) is 18.7. The van der Waals surface area contributed by atoms with E-state index >= 15 is 0 Å². The zero-order valence-electron chi connectivity index (χ0n) is 15.8. The summed E-state index contributed by atoms with van der Waals surface area (Å²) in [6.07, 6.45) is 3.72. The van der Waals surface area contributed by atoms with Gasteiger partial charge in [0.25, 0.3) is 0 Å². The lowest BCUT2D eigenvalue weighted by Crippen LogP contribution is -2.41. The first-order chi connectivity index (χ1) is 13.1. The average Bonchev–Trinajstić information content (AvgIpc) is 3.25. The molecule has 0 aromatic carbocycles. The van der Waals surface area contributed by atoms with E-state index in [0.29, 0.717) is 12.3 Å². The van der Waals surface area contributed by atoms with Gasteiger partial charge in [0.2, 0.25) is 5.91 Å². The summed E-state index contributed by atoms with van der Waals surface area (Å²) in [6.45, 7) is 5.32. The van der Waals surface area contributed by atoms with E-state index in [-0.39, 0.29) is 18.4 Å². The molecule has 142 valence electrons. The van der Waals surface area contributed by atoms with Gasteiger partial charge in [0.15, 0.2) is 11.4 Å². The monoisotopic (exact) mass is 369 g/mol. The van der Waals surface area contributed by atoms with Gasteiger partial charge in [-0.1, -0.05) is 5.16 Å². The van der Waals surface area contributed by atoms with Gasteiger partial charge in [-0.05, 0) is 26.7 Å². The Bertz CT molecular complexity index is 977. The number of hydrogen-bond donors (Lipinski definition) is 0. The predicted molar refractivity (Wildman–Crippen MR) is 98.4 cm³/mol. The lowest BCUT2D eigenvalue weighted by Gasteiger charge is -2.33. The van der Waals surface area contributed by atoms with Crippen molar-refractivity contribution in [2.45, 2.75) is 32.6 Å². The minimum absolute atomic E-state index is 0.0150. The Morgan fingerprint density at radius 2 is 2.19 bits per heavy atom. The normalized spacial score (nSPS) is 17.6. The van der Waals surface area contributed by atoms with Crippen LogP contribution in [-0.4, -0.2) is 57.4 Å². The van der Waals surface area contributed by atoms with Crippen molar-refractivity contribution in [1.29, 1.82) is 0 Å². The number of methoxy groups -OCH3 is 1. The van der Waals surface area contributed by atoms with Gasteiger partial charge in [-0.3, -0.25) is 4.79 Å². The number of ether oxygens (including phenoxy) is 1. The molecule has 0 radical (unpaired) electrons. The Hall–Kier alpha value is -2.74. The summed E-state index contributed by atoms with van der Waals surface area (Å²) in [5.41, 5.74) is 4.39. The summed E-state index contributed by atoms with van der Waals surface area (Å²) >= 11 is 0. The maximum atomic E-state index is 12.3. The van der Waals surface area contributed by atoms with Gasteiger partial charge >= 0.3 is 0 Å². The zero-order chi connectivity index (χ0) is 19.0. The highest BCUT2D eigenvalue weighted by Crippen LogP contribution is 2.35. The molecular weight excluding hydrogens is 346 g/mol. The molecule has 8 nitrogen and oxygen atoms in total. The second kappa shape index (κ2) is 7.11. The number of carbonyl (C=O) groups is 1. The van der Waals surface area contributed by atoms with Crippen molar-refractivity contribution in [1.82, 2.24) is 24.7 Å². The molecule has 0 aliphatic carbocycles. The van der Waals surface area contributed by atoms with Crippen LogP contribution in [0.1, 0.15) is 35.8 Å². The first-order valence-electron chi connectivity index (χ1n) is 9.12. The SMILES string of the molecule is COCC(=O)N1CCC[C@@H](c2c(-c3cc(C)no3)cnc3cc(C)nn23)C1. The number of aromatic nitrogens is 4. The fourth-order valence-electron chi connectivity index (χ4n) is 3.78. The van der Waals surface area contributed by atoms with E-state index in [1.807, 2.05) is 41.6 Å². The van der Waals surface area contributed by atoms with Crippen molar-refractivity contribution in [2.75, 3.05) is 26.8 Å². The molecule has 0 saturated carbocycles. The second-order valence-corrected chi connectivity index (χ2v) is 7.06. The molecule has 27 heavy (non-hydrogen) atoms. The van der Waals surface area contributed by atoms with E-state index in [4.69, 9.17) is 9.26 Å². The largest absolute Gasteiger partial charge is 0.375 e. The van der Waals surface area contributed by atoms with Crippen molar-refractivity contribution in [3.8, 4) is 11.3 Å². The number of amides is 1. The van der Waals surface area contributed by atoms with E-state index in [1.54, 1.807) is 7.11 Å². The van der Waals surface area contributed by atoms with Gasteiger partial charge in [0, 0.05) is 44.4 Å². The van der Waals surface area contributed by atoms with Gasteiger partial charge in [-0.2, -0.15) is 5.10 Å². The summed E-state index contributed by atoms with van der Waals surface area (Å²) in [5, 5.41) is 8.67. The molecule has 4 rings (SSSR count). The van der Waals surface area contributed by atoms with Gasteiger partial charge in [0.05, 0.1) is 22.6 Å². The molecule has 1 aliphatic heterocycles. The molecule has 0 unspecified atom stereocenters. The topological polar surface area (TPSA) is 85.8 Å². The Balaban J connectivity index is 1.80. The zero-order valence-corrected chi connectivity index (χ0v) is 15.8. The van der Waals surface area contributed by atoms with Crippen LogP contribution in [0, 0.1) is 13.8 Å². The molecule has 0 bridgehead atoms. The van der Waals surface area contributed by atoms with E-state index in [1.165, 1.54) is 0 Å². The average molecular weight is 369 g/mol. The van der Waals surface area contributed by atoms with Crippen LogP contribution in [0.15, 0.2) is 22.9 Å². The van der Waals surface area contributed by atoms with Crippen molar-refractivity contribution in [3.63, 3.8) is 0 Å². The van der Waals surface area contributed by atoms with Gasteiger partial charge < -0.3 is 14.2 Å². The number of fused-ring (bicyclic) bond motifs is 1. The highest BCUT2D eigenvalue weighted by molar-refractivity contribution is 5.77. The molecule has 1 saturated heterocycles. The maximum Gasteiger partial charge on any atom is 0.248 e. The fraction of sp³-hybridized carbons (Fsp3) is 0.474. The quantitative estimate of drug-likeness (QED) is 0.702. The Morgan fingerprint density at radius 3 is 2.93 bits per heavy atom. The third kappa shape index (κ3) is 3.32. The van der Waals surface area contributed by atoms with Crippen LogP contribution in [0.4, 0.5) is 0 Å². The molecule has 3 aromatic rings. The van der Waals surface area contributed by atoms with Crippen LogP contribution in [0.5, 0.6) is 0 Å². The van der Waals surface area contributed by atoms with Crippen molar-refractivity contribution < 1.29 is 14.1 Å². The van der Waals surface area contributed by atoms with Crippen LogP contribution >= 0.6 is 0 Å². The minimum Gasteiger partial charge on any atom is -0.375 e. The van der Waals surface area contributed by atoms with Crippen LogP contribution in [0.25, 0.3) is 17.0 Å². The van der Waals surface area contributed by atoms with Crippen LogP contribution in [0.2, 0.25) is 0 Å². The van der Waals surface area contributed by atoms with Crippen molar-refractivity contribution >= 4 is 11.6 Å². The van der Waals surface area contributed by atoms with E-state index in [2.05, 4.69) is 15.2 Å². The summed E-state index contributed by atoms with van der Waals surface area (Å²) in [6, 6.07) is 3.86. The molecule has 1 aliphatic rings. The van der Waals surface area contributed by atoms with E-state index < -0.39 is 0 Å². The van der Waals surface area contributed by atoms with Crippen LogP contribution < -0.4 is 0 Å². The fourth-order valence-corrected chi connectivity index (χ4v) is 3.78. The van der Waals surface area contributed by atoms with E-state index in [9.17, 15) is 4.79 Å². The Kier molecular flexibility index (Phi) is 4.65. The predicted octanol–water partition coefficient (Wildman–Crippen LogP) is 2.35. The molecule has 0 N–H and O–H groups in total. The summed E-state index contributed by atoms with van der Waals surface area (Å²) < 4.78 is 12.4. The van der Waals surface area contributed by atoms with Gasteiger partial charge in [-0.25, -0.2) is 9.50 Å². The smallest absolute Gasteiger partial charge is 0.248 e. The number of piperidine rings is 1. The lowest BCUT2D eigenvalue weighted by atomic mass is 9.91. The number of rotatable bonds is 4. The molecular formula is C19H23N5O3. The Morgan fingerprint density at radius 1 is 1.33 bits per heavy atom. The number of hydrogen-bond acceptors (Lipinski definition) is 6. The number of likely N-dealkylation sites (tertiary alicyclic amines) is 1. The molecule has 1 atom stereocenters. The Labute approximate surface area is 157 Å². The van der Waals surface area contributed by atoms with Crippen LogP contribution in [0.3, 0.4) is 0 Å². The van der Waals surface area contributed by atoms with Gasteiger partial charge in [0.1, 0.15) is 6.61 Å². The van der Waals surface area contributed by atoms with Crippen molar-refractivity contribution in [3.05, 3.63) is 35.4 Å². The third-order valence-electron chi connectivity index (χ3n) is 4.96. The molecule has 0 spiro atoms. The molecule has 8 heteroatoms. The summed E-state index contributed by atoms with van der Waals surface area (Å²) in [5.74, 6) is 0.816. The third-order valence-corrected chi connectivity index (χ3v) is 4.96. The standard InChI is InChI=1S/C19H23N5O3/c1-12-8-17-20-9-15(16-7-13(2)22-27-16)19(24(17)21-12)14-5-4-6-23(10-14)18(25)11-26-3/h7-9,14H,4-6,10-11H2,1-3H3/t14-/m1/s1. The molecule has 3 aromatic heterocycles. The van der Waals surface area contributed by atoms with Gasteiger partial charge in [-0.15, -0.1) is 0 Å². The van der Waals surface area contributed by atoms with Crippen molar-refractivity contribution in [2.24, 2.45) is 0 Å². The van der Waals surface area contributed by atoms with Crippen LogP contribution in [-0.2, 0) is 9.53 Å². The first kappa shape index (κ1) is 17.7. The van der Waals surface area contributed by atoms with E-state index in [0.717, 1.165) is 47.7 Å². The maximum absolute atomic E-state index is 12.3. The lowest BCUT2D eigenvalue weighted by molar-refractivity contribution is -0.136. The second-order valence-electron chi connectivity index (χ2n) is 7.06. The minimum atomic E-state index is 0.0150.